The molecule has 2 aromatic carbocycles. The Kier molecular flexibility index (Phi) is 3.82. The molecule has 0 radical (unpaired) electrons. The van der Waals surface area contributed by atoms with Crippen molar-refractivity contribution in [2.24, 2.45) is 0 Å². The number of hydrogen-bond donors (Lipinski definition) is 1. The lowest BCUT2D eigenvalue weighted by molar-refractivity contribution is 0.593. The van der Waals surface area contributed by atoms with Crippen LogP contribution >= 0.6 is 0 Å². The second kappa shape index (κ2) is 5.42. The molecule has 0 saturated heterocycles. The predicted octanol–water partition coefficient (Wildman–Crippen LogP) is 2.10. The highest BCUT2D eigenvalue weighted by atomic mass is 32.2. The Bertz CT molecular complexity index is 828. The number of nitrogens with zero attached hydrogens (tertiary/aromatic N) is 2. The molecule has 0 bridgehead atoms. The monoisotopic (exact) mass is 305 g/mol. The van der Waals surface area contributed by atoms with Gasteiger partial charge in [-0.15, -0.1) is 0 Å². The van der Waals surface area contributed by atoms with E-state index in [1.165, 1.54) is 13.1 Å². The molecule has 0 heterocycles. The van der Waals surface area contributed by atoms with E-state index in [0.29, 0.717) is 11.3 Å². The number of hydrogen-bond acceptors (Lipinski definition) is 4. The van der Waals surface area contributed by atoms with Gasteiger partial charge in [0.1, 0.15) is 5.82 Å². The van der Waals surface area contributed by atoms with Gasteiger partial charge in [-0.3, -0.25) is 4.31 Å². The largest absolute Gasteiger partial charge is 0.396 e. The van der Waals surface area contributed by atoms with Crippen molar-refractivity contribution < 1.29 is 12.8 Å². The summed E-state index contributed by atoms with van der Waals surface area (Å²) >= 11 is 0. The van der Waals surface area contributed by atoms with Gasteiger partial charge in [-0.05, 0) is 36.4 Å². The van der Waals surface area contributed by atoms with Crippen LogP contribution in [0, 0.1) is 17.1 Å². The maximum Gasteiger partial charge on any atom is 0.264 e. The first-order valence-electron chi connectivity index (χ1n) is 5.90. The minimum Gasteiger partial charge on any atom is -0.396 e. The summed E-state index contributed by atoms with van der Waals surface area (Å²) in [4.78, 5) is -0.119. The summed E-state index contributed by atoms with van der Waals surface area (Å²) in [5.41, 5.74) is 5.83. The molecule has 2 aromatic rings. The molecule has 0 spiro atoms. The SMILES string of the molecule is CN(c1cccc(C#N)c1)S(=O)(=O)c1ccc(F)c(N)c1. The number of nitrogen functional groups attached to an aromatic ring is 1. The van der Waals surface area contributed by atoms with Gasteiger partial charge in [-0.2, -0.15) is 5.26 Å². The summed E-state index contributed by atoms with van der Waals surface area (Å²) in [6, 6.07) is 11.3. The molecule has 0 aromatic heterocycles. The molecule has 5 nitrogen and oxygen atoms in total. The Morgan fingerprint density at radius 1 is 1.24 bits per heavy atom. The van der Waals surface area contributed by atoms with E-state index in [-0.39, 0.29) is 10.6 Å². The summed E-state index contributed by atoms with van der Waals surface area (Å²) in [5.74, 6) is -0.678. The highest BCUT2D eigenvalue weighted by molar-refractivity contribution is 7.92. The lowest BCUT2D eigenvalue weighted by Gasteiger charge is -2.20. The third kappa shape index (κ3) is 2.80. The molecule has 21 heavy (non-hydrogen) atoms. The summed E-state index contributed by atoms with van der Waals surface area (Å²) < 4.78 is 39.1. The van der Waals surface area contributed by atoms with E-state index in [2.05, 4.69) is 0 Å². The zero-order valence-electron chi connectivity index (χ0n) is 11.1. The van der Waals surface area contributed by atoms with Gasteiger partial charge in [0.05, 0.1) is 27.9 Å². The maximum atomic E-state index is 13.1. The number of rotatable bonds is 3. The molecule has 0 aliphatic heterocycles. The molecule has 0 unspecified atom stereocenters. The van der Waals surface area contributed by atoms with Crippen molar-refractivity contribution in [3.05, 3.63) is 53.8 Å². The third-order valence-corrected chi connectivity index (χ3v) is 4.75. The van der Waals surface area contributed by atoms with Gasteiger partial charge in [-0.25, -0.2) is 12.8 Å². The van der Waals surface area contributed by atoms with Crippen LogP contribution in [-0.2, 0) is 10.0 Å². The van der Waals surface area contributed by atoms with Crippen molar-refractivity contribution in [1.82, 2.24) is 0 Å². The summed E-state index contributed by atoms with van der Waals surface area (Å²) in [5, 5.41) is 8.85. The molecule has 0 aliphatic carbocycles. The lowest BCUT2D eigenvalue weighted by Crippen LogP contribution is -2.26. The van der Waals surface area contributed by atoms with Crippen LogP contribution in [0.2, 0.25) is 0 Å². The zero-order valence-corrected chi connectivity index (χ0v) is 11.9. The fourth-order valence-electron chi connectivity index (χ4n) is 1.75. The minimum absolute atomic E-state index is 0.119. The van der Waals surface area contributed by atoms with Crippen LogP contribution < -0.4 is 10.0 Å². The van der Waals surface area contributed by atoms with Crippen LogP contribution in [0.1, 0.15) is 5.56 Å². The molecule has 0 aliphatic rings. The van der Waals surface area contributed by atoms with Crippen molar-refractivity contribution in [3.8, 4) is 6.07 Å². The molecule has 0 saturated carbocycles. The third-order valence-electron chi connectivity index (χ3n) is 2.96. The van der Waals surface area contributed by atoms with Crippen LogP contribution in [0.3, 0.4) is 0 Å². The predicted molar refractivity (Wildman–Crippen MR) is 77.6 cm³/mol. The average molecular weight is 305 g/mol. The molecule has 2 rings (SSSR count). The van der Waals surface area contributed by atoms with E-state index in [0.717, 1.165) is 22.5 Å². The van der Waals surface area contributed by atoms with Gasteiger partial charge in [0.2, 0.25) is 0 Å². The van der Waals surface area contributed by atoms with Gasteiger partial charge < -0.3 is 5.73 Å². The Hall–Kier alpha value is -2.59. The number of halogens is 1. The molecule has 0 fully saturated rings. The first kappa shape index (κ1) is 14.8. The summed E-state index contributed by atoms with van der Waals surface area (Å²) in [6.45, 7) is 0. The molecule has 0 atom stereocenters. The zero-order chi connectivity index (χ0) is 15.6. The van der Waals surface area contributed by atoms with Crippen LogP contribution in [0.15, 0.2) is 47.4 Å². The van der Waals surface area contributed by atoms with Crippen molar-refractivity contribution in [3.63, 3.8) is 0 Å². The molecule has 108 valence electrons. The van der Waals surface area contributed by atoms with E-state index < -0.39 is 15.8 Å². The van der Waals surface area contributed by atoms with Crippen molar-refractivity contribution >= 4 is 21.4 Å². The molecule has 2 N–H and O–H groups in total. The highest BCUT2D eigenvalue weighted by Gasteiger charge is 2.22. The molecule has 0 amide bonds. The van der Waals surface area contributed by atoms with Gasteiger partial charge in [0.15, 0.2) is 0 Å². The number of benzene rings is 2. The number of nitrogens with two attached hydrogens (primary N) is 1. The van der Waals surface area contributed by atoms with Gasteiger partial charge >= 0.3 is 0 Å². The second-order valence-corrected chi connectivity index (χ2v) is 6.29. The van der Waals surface area contributed by atoms with E-state index in [1.54, 1.807) is 18.2 Å². The normalized spacial score (nSPS) is 10.9. The summed E-state index contributed by atoms with van der Waals surface area (Å²) in [7, 11) is -2.53. The van der Waals surface area contributed by atoms with Crippen molar-refractivity contribution in [2.75, 3.05) is 17.1 Å². The first-order valence-corrected chi connectivity index (χ1v) is 7.34. The van der Waals surface area contributed by atoms with E-state index in [1.807, 2.05) is 6.07 Å². The van der Waals surface area contributed by atoms with Crippen LogP contribution in [0.4, 0.5) is 15.8 Å². The lowest BCUT2D eigenvalue weighted by atomic mass is 10.2. The highest BCUT2D eigenvalue weighted by Crippen LogP contribution is 2.24. The average Bonchev–Trinajstić information content (AvgIpc) is 2.49. The van der Waals surface area contributed by atoms with E-state index in [9.17, 15) is 12.8 Å². The van der Waals surface area contributed by atoms with Gasteiger partial charge in [0.25, 0.3) is 10.0 Å². The molecule has 7 heteroatoms. The molecular weight excluding hydrogens is 293 g/mol. The number of anilines is 2. The number of sulfonamides is 1. The topological polar surface area (TPSA) is 87.2 Å². The van der Waals surface area contributed by atoms with Crippen molar-refractivity contribution in [1.29, 1.82) is 5.26 Å². The summed E-state index contributed by atoms with van der Waals surface area (Å²) in [6.07, 6.45) is 0. The Morgan fingerprint density at radius 2 is 1.95 bits per heavy atom. The quantitative estimate of drug-likeness (QED) is 0.880. The Labute approximate surface area is 122 Å². The van der Waals surface area contributed by atoms with E-state index >= 15 is 0 Å². The minimum atomic E-state index is -3.88. The van der Waals surface area contributed by atoms with Gasteiger partial charge in [0, 0.05) is 7.05 Å². The smallest absolute Gasteiger partial charge is 0.264 e. The fourth-order valence-corrected chi connectivity index (χ4v) is 2.97. The van der Waals surface area contributed by atoms with Crippen LogP contribution in [0.25, 0.3) is 0 Å². The number of nitriles is 1. The maximum absolute atomic E-state index is 13.1. The first-order chi connectivity index (χ1) is 9.86. The van der Waals surface area contributed by atoms with E-state index in [4.69, 9.17) is 11.0 Å². The van der Waals surface area contributed by atoms with Crippen molar-refractivity contribution in [2.45, 2.75) is 4.90 Å². The Balaban J connectivity index is 2.47. The van der Waals surface area contributed by atoms with Crippen LogP contribution in [0.5, 0.6) is 0 Å². The van der Waals surface area contributed by atoms with Crippen LogP contribution in [-0.4, -0.2) is 15.5 Å². The second-order valence-electron chi connectivity index (χ2n) is 4.32. The van der Waals surface area contributed by atoms with Gasteiger partial charge in [-0.1, -0.05) is 6.07 Å². The molecular formula is C14H12FN3O2S. The standard InChI is InChI=1S/C14H12FN3O2S/c1-18(11-4-2-3-10(7-11)9-16)21(19,20)12-5-6-13(15)14(17)8-12/h2-8H,17H2,1H3. The Morgan fingerprint density at radius 3 is 2.57 bits per heavy atom. The fraction of sp³-hybridized carbons (Fsp3) is 0.0714.